The molecule has 1 saturated carbocycles. The second kappa shape index (κ2) is 7.19. The van der Waals surface area contributed by atoms with Crippen molar-refractivity contribution in [3.05, 3.63) is 23.3 Å². The highest BCUT2D eigenvalue weighted by Gasteiger charge is 2.65. The molecule has 146 valence electrons. The van der Waals surface area contributed by atoms with Crippen LogP contribution < -0.4 is 9.47 Å². The average Bonchev–Trinajstić information content (AvgIpc) is 2.96. The first-order chi connectivity index (χ1) is 12.1. The van der Waals surface area contributed by atoms with E-state index in [-0.39, 0.29) is 30.0 Å². The second-order valence-electron chi connectivity index (χ2n) is 7.87. The van der Waals surface area contributed by atoms with Gasteiger partial charge in [0.05, 0.1) is 13.2 Å². The maximum atomic E-state index is 10.6. The Balaban J connectivity index is 0.000000461. The number of ether oxygens (including phenoxy) is 3. The lowest BCUT2D eigenvalue weighted by molar-refractivity contribution is -0.0993. The van der Waals surface area contributed by atoms with Gasteiger partial charge >= 0.3 is 0 Å². The van der Waals surface area contributed by atoms with Gasteiger partial charge in [-0.2, -0.15) is 0 Å². The predicted molar refractivity (Wildman–Crippen MR) is 103 cm³/mol. The molecule has 1 aromatic rings. The van der Waals surface area contributed by atoms with Crippen LogP contribution >= 0.6 is 12.4 Å². The maximum Gasteiger partial charge on any atom is 0.165 e. The third-order valence-electron chi connectivity index (χ3n) is 6.77. The normalized spacial score (nSPS) is 36.0. The number of halogens is 1. The van der Waals surface area contributed by atoms with Gasteiger partial charge in [0, 0.05) is 31.2 Å². The molecule has 0 amide bonds. The van der Waals surface area contributed by atoms with Crippen molar-refractivity contribution in [1.29, 1.82) is 0 Å². The minimum absolute atomic E-state index is 0. The van der Waals surface area contributed by atoms with Crippen molar-refractivity contribution < 1.29 is 19.3 Å². The molecule has 2 bridgehead atoms. The SMILES string of the molecule is COC.COc1ccc2c3c1O[C@H]1[C@@H](O)CC[C@H]4[C@@H](C2)N(C)CC[C@@]341.Cl. The summed E-state index contributed by atoms with van der Waals surface area (Å²) >= 11 is 0. The summed E-state index contributed by atoms with van der Waals surface area (Å²) in [6, 6.07) is 4.83. The predicted octanol–water partition coefficient (Wildman–Crippen LogP) is 2.41. The van der Waals surface area contributed by atoms with Crippen LogP contribution in [0.2, 0.25) is 0 Å². The topological polar surface area (TPSA) is 51.2 Å². The van der Waals surface area contributed by atoms with Crippen molar-refractivity contribution in [2.75, 3.05) is 34.9 Å². The molecular weight excluding hydrogens is 354 g/mol. The summed E-state index contributed by atoms with van der Waals surface area (Å²) in [5, 5.41) is 10.6. The van der Waals surface area contributed by atoms with Crippen LogP contribution in [0.5, 0.6) is 11.5 Å². The van der Waals surface area contributed by atoms with Gasteiger partial charge in [0.15, 0.2) is 11.5 Å². The van der Waals surface area contributed by atoms with Crippen LogP contribution in [-0.4, -0.2) is 63.2 Å². The lowest BCUT2D eigenvalue weighted by Crippen LogP contribution is -2.66. The number of methoxy groups -OCH3 is 2. The number of likely N-dealkylation sites (N-methyl/N-ethyl adjacent to an activating group) is 1. The van der Waals surface area contributed by atoms with E-state index in [1.807, 2.05) is 6.07 Å². The molecule has 2 aliphatic carbocycles. The Morgan fingerprint density at radius 2 is 1.96 bits per heavy atom. The third-order valence-corrected chi connectivity index (χ3v) is 6.77. The Labute approximate surface area is 162 Å². The fourth-order valence-corrected chi connectivity index (χ4v) is 5.86. The van der Waals surface area contributed by atoms with E-state index >= 15 is 0 Å². The summed E-state index contributed by atoms with van der Waals surface area (Å²) in [7, 11) is 7.21. The van der Waals surface area contributed by atoms with Crippen LogP contribution in [0.4, 0.5) is 0 Å². The monoisotopic (exact) mass is 383 g/mol. The zero-order valence-electron chi connectivity index (χ0n) is 16.0. The number of hydrogen-bond donors (Lipinski definition) is 1. The number of hydrogen-bond acceptors (Lipinski definition) is 5. The summed E-state index contributed by atoms with van der Waals surface area (Å²) in [6.07, 6.45) is 3.69. The molecule has 5 nitrogen and oxygen atoms in total. The highest BCUT2D eigenvalue weighted by Crippen LogP contribution is 2.63. The van der Waals surface area contributed by atoms with Crippen molar-refractivity contribution >= 4 is 12.4 Å². The van der Waals surface area contributed by atoms with E-state index in [0.717, 1.165) is 43.7 Å². The van der Waals surface area contributed by atoms with Crippen LogP contribution in [0.15, 0.2) is 12.1 Å². The molecule has 26 heavy (non-hydrogen) atoms. The van der Waals surface area contributed by atoms with E-state index in [9.17, 15) is 5.11 Å². The Bertz CT molecular complexity index is 669. The van der Waals surface area contributed by atoms with Crippen molar-refractivity contribution in [2.45, 2.75) is 49.3 Å². The fraction of sp³-hybridized carbons (Fsp3) is 0.700. The smallest absolute Gasteiger partial charge is 0.165 e. The first-order valence-electron chi connectivity index (χ1n) is 9.24. The van der Waals surface area contributed by atoms with Crippen LogP contribution in [0.3, 0.4) is 0 Å². The molecule has 1 N–H and O–H groups in total. The van der Waals surface area contributed by atoms with Crippen molar-refractivity contribution in [3.8, 4) is 11.5 Å². The molecule has 1 saturated heterocycles. The fourth-order valence-electron chi connectivity index (χ4n) is 5.86. The molecule has 5 atom stereocenters. The lowest BCUT2D eigenvalue weighted by Gasteiger charge is -2.58. The van der Waals surface area contributed by atoms with Gasteiger partial charge in [-0.15, -0.1) is 12.4 Å². The Morgan fingerprint density at radius 3 is 2.65 bits per heavy atom. The van der Waals surface area contributed by atoms with Gasteiger partial charge in [0.25, 0.3) is 0 Å². The molecule has 1 spiro atoms. The minimum Gasteiger partial charge on any atom is -0.493 e. The third kappa shape index (κ3) is 2.48. The van der Waals surface area contributed by atoms with E-state index < -0.39 is 0 Å². The van der Waals surface area contributed by atoms with Crippen LogP contribution in [-0.2, 0) is 16.6 Å². The van der Waals surface area contributed by atoms with Crippen LogP contribution in [0, 0.1) is 5.92 Å². The number of benzene rings is 1. The van der Waals surface area contributed by atoms with E-state index in [0.29, 0.717) is 12.0 Å². The zero-order valence-corrected chi connectivity index (χ0v) is 16.8. The first kappa shape index (κ1) is 19.7. The summed E-state index contributed by atoms with van der Waals surface area (Å²) in [6.45, 7) is 1.09. The van der Waals surface area contributed by atoms with E-state index in [1.165, 1.54) is 11.1 Å². The van der Waals surface area contributed by atoms with Gasteiger partial charge < -0.3 is 24.2 Å². The highest BCUT2D eigenvalue weighted by molar-refractivity contribution is 5.85. The molecule has 2 heterocycles. The van der Waals surface area contributed by atoms with E-state index in [1.54, 1.807) is 21.3 Å². The molecule has 0 radical (unpaired) electrons. The standard InChI is InChI=1S/C18H23NO3.C2H6O.ClH/c1-19-8-7-18-11-4-5-13(20)17(18)22-16-14(21-2)6-3-10(15(16)18)9-12(11)19;1-3-2;/h3,6,11-13,17,20H,4-5,7-9H2,1-2H3;1-2H3;1H/t11-,12+,13-,17-,18-;;/m0../s1. The second-order valence-corrected chi connectivity index (χ2v) is 7.87. The number of aliphatic hydroxyl groups is 1. The van der Waals surface area contributed by atoms with Gasteiger partial charge in [-0.3, -0.25) is 0 Å². The molecule has 4 aliphatic rings. The summed E-state index contributed by atoms with van der Waals surface area (Å²) in [4.78, 5) is 2.52. The zero-order chi connectivity index (χ0) is 17.8. The Kier molecular flexibility index (Phi) is 5.46. The quantitative estimate of drug-likeness (QED) is 0.807. The summed E-state index contributed by atoms with van der Waals surface area (Å²) < 4.78 is 16.2. The molecule has 0 unspecified atom stereocenters. The number of piperidine rings is 1. The summed E-state index contributed by atoms with van der Waals surface area (Å²) in [5.41, 5.74) is 2.77. The van der Waals surface area contributed by atoms with Gasteiger partial charge in [-0.1, -0.05) is 6.07 Å². The molecule has 5 rings (SSSR count). The van der Waals surface area contributed by atoms with Crippen molar-refractivity contribution in [3.63, 3.8) is 0 Å². The molecule has 0 aromatic heterocycles. The van der Waals surface area contributed by atoms with Gasteiger partial charge in [-0.25, -0.2) is 0 Å². The average molecular weight is 384 g/mol. The Hall–Kier alpha value is -1.01. The Morgan fingerprint density at radius 1 is 1.23 bits per heavy atom. The first-order valence-corrected chi connectivity index (χ1v) is 9.24. The molecular formula is C20H30ClNO4. The largest absolute Gasteiger partial charge is 0.493 e. The number of likely N-dealkylation sites (tertiary alicyclic amines) is 1. The lowest BCUT2D eigenvalue weighted by atomic mass is 9.51. The van der Waals surface area contributed by atoms with Gasteiger partial charge in [0.2, 0.25) is 0 Å². The molecule has 2 aliphatic heterocycles. The highest BCUT2D eigenvalue weighted by atomic mass is 35.5. The van der Waals surface area contributed by atoms with Crippen LogP contribution in [0.25, 0.3) is 0 Å². The van der Waals surface area contributed by atoms with Gasteiger partial charge in [-0.05, 0) is 56.8 Å². The van der Waals surface area contributed by atoms with Crippen LogP contribution in [0.1, 0.15) is 30.4 Å². The molecule has 2 fully saturated rings. The number of rotatable bonds is 1. The van der Waals surface area contributed by atoms with Crippen molar-refractivity contribution in [1.82, 2.24) is 4.90 Å². The minimum atomic E-state index is -0.358. The summed E-state index contributed by atoms with van der Waals surface area (Å²) in [5.74, 6) is 2.34. The maximum absolute atomic E-state index is 10.6. The number of aliphatic hydroxyl groups excluding tert-OH is 1. The van der Waals surface area contributed by atoms with Crippen molar-refractivity contribution in [2.24, 2.45) is 5.92 Å². The van der Waals surface area contributed by atoms with E-state index in [2.05, 4.69) is 22.8 Å². The van der Waals surface area contributed by atoms with Gasteiger partial charge in [0.1, 0.15) is 6.10 Å². The number of nitrogens with zero attached hydrogens (tertiary/aromatic N) is 1. The molecule has 1 aromatic carbocycles. The molecule has 6 heteroatoms. The van der Waals surface area contributed by atoms with E-state index in [4.69, 9.17) is 9.47 Å².